The van der Waals surface area contributed by atoms with E-state index in [1.165, 1.54) is 20.4 Å². The molecule has 0 radical (unpaired) electrons. The third-order valence-electron chi connectivity index (χ3n) is 2.70. The molecular weight excluding hydrogens is 284 g/mol. The van der Waals surface area contributed by atoms with Gasteiger partial charge in [-0.05, 0) is 6.54 Å². The summed E-state index contributed by atoms with van der Waals surface area (Å²) in [5, 5.41) is 9.44. The Morgan fingerprint density at radius 1 is 1.45 bits per heavy atom. The van der Waals surface area contributed by atoms with E-state index < -0.39 is 10.0 Å². The molecule has 0 aliphatic rings. The SMILES string of the molecule is CCNCc1cn[nH]c1S(=O)(=O)NCC(COC)OC. The molecule has 0 aliphatic heterocycles. The third-order valence-corrected chi connectivity index (χ3v) is 4.14. The normalized spacial score (nSPS) is 13.6. The smallest absolute Gasteiger partial charge is 0.257 e. The predicted octanol–water partition coefficient (Wildman–Crippen LogP) is -0.541. The van der Waals surface area contributed by atoms with Gasteiger partial charge in [-0.2, -0.15) is 5.10 Å². The van der Waals surface area contributed by atoms with Gasteiger partial charge in [-0.25, -0.2) is 13.1 Å². The zero-order valence-corrected chi connectivity index (χ0v) is 12.8. The second kappa shape index (κ2) is 8.32. The predicted molar refractivity (Wildman–Crippen MR) is 73.8 cm³/mol. The number of sulfonamides is 1. The first-order chi connectivity index (χ1) is 9.55. The van der Waals surface area contributed by atoms with Crippen LogP contribution in [0, 0.1) is 0 Å². The van der Waals surface area contributed by atoms with Crippen LogP contribution >= 0.6 is 0 Å². The molecule has 0 amide bonds. The lowest BCUT2D eigenvalue weighted by atomic mass is 10.3. The van der Waals surface area contributed by atoms with Crippen molar-refractivity contribution in [3.8, 4) is 0 Å². The average molecular weight is 306 g/mol. The second-order valence-corrected chi connectivity index (χ2v) is 5.87. The summed E-state index contributed by atoms with van der Waals surface area (Å²) in [5.74, 6) is 0. The lowest BCUT2D eigenvalue weighted by Crippen LogP contribution is -2.36. The maximum atomic E-state index is 12.2. The molecule has 1 aromatic rings. The number of aromatic nitrogens is 2. The number of H-pyrrole nitrogens is 1. The maximum Gasteiger partial charge on any atom is 0.257 e. The Bertz CT molecular complexity index is 488. The van der Waals surface area contributed by atoms with Crippen molar-refractivity contribution in [2.45, 2.75) is 24.6 Å². The fourth-order valence-corrected chi connectivity index (χ4v) is 2.78. The number of rotatable bonds is 10. The van der Waals surface area contributed by atoms with Gasteiger partial charge in [0.15, 0.2) is 5.03 Å². The monoisotopic (exact) mass is 306 g/mol. The van der Waals surface area contributed by atoms with Crippen molar-refractivity contribution >= 4 is 10.0 Å². The van der Waals surface area contributed by atoms with Crippen molar-refractivity contribution in [2.24, 2.45) is 0 Å². The van der Waals surface area contributed by atoms with Crippen LogP contribution in [0.25, 0.3) is 0 Å². The van der Waals surface area contributed by atoms with Gasteiger partial charge in [0, 0.05) is 32.9 Å². The van der Waals surface area contributed by atoms with Crippen molar-refractivity contribution in [3.63, 3.8) is 0 Å². The molecular formula is C11H22N4O4S. The van der Waals surface area contributed by atoms with Crippen molar-refractivity contribution in [3.05, 3.63) is 11.8 Å². The molecule has 8 nitrogen and oxygen atoms in total. The topological polar surface area (TPSA) is 105 Å². The Morgan fingerprint density at radius 2 is 2.20 bits per heavy atom. The highest BCUT2D eigenvalue weighted by Gasteiger charge is 2.21. The minimum Gasteiger partial charge on any atom is -0.382 e. The first-order valence-electron chi connectivity index (χ1n) is 6.29. The number of nitrogens with zero attached hydrogens (tertiary/aromatic N) is 1. The Labute approximate surface area is 119 Å². The number of hydrogen-bond donors (Lipinski definition) is 3. The molecule has 0 aromatic carbocycles. The van der Waals surface area contributed by atoms with Gasteiger partial charge in [0.05, 0.1) is 18.9 Å². The number of hydrogen-bond acceptors (Lipinski definition) is 6. The molecule has 1 heterocycles. The largest absolute Gasteiger partial charge is 0.382 e. The molecule has 1 aromatic heterocycles. The summed E-state index contributed by atoms with van der Waals surface area (Å²) >= 11 is 0. The van der Waals surface area contributed by atoms with Crippen LogP contribution in [0.5, 0.6) is 0 Å². The van der Waals surface area contributed by atoms with Gasteiger partial charge >= 0.3 is 0 Å². The quantitative estimate of drug-likeness (QED) is 0.536. The van der Waals surface area contributed by atoms with Crippen LogP contribution in [-0.4, -0.2) is 58.6 Å². The highest BCUT2D eigenvalue weighted by molar-refractivity contribution is 7.89. The number of nitrogens with one attached hydrogen (secondary N) is 3. The van der Waals surface area contributed by atoms with E-state index in [4.69, 9.17) is 9.47 Å². The summed E-state index contributed by atoms with van der Waals surface area (Å²) in [5.41, 5.74) is 0.597. The molecule has 0 spiro atoms. The summed E-state index contributed by atoms with van der Waals surface area (Å²) in [7, 11) is -0.609. The van der Waals surface area contributed by atoms with E-state index in [0.29, 0.717) is 18.7 Å². The minimum atomic E-state index is -3.65. The molecule has 116 valence electrons. The first-order valence-corrected chi connectivity index (χ1v) is 7.77. The van der Waals surface area contributed by atoms with Crippen molar-refractivity contribution in [2.75, 3.05) is 33.9 Å². The van der Waals surface area contributed by atoms with Crippen LogP contribution in [0.3, 0.4) is 0 Å². The molecule has 3 N–H and O–H groups in total. The summed E-state index contributed by atoms with van der Waals surface area (Å²) in [6, 6.07) is 0. The standard InChI is InChI=1S/C11H22N4O4S/c1-4-12-5-9-6-13-15-11(9)20(16,17)14-7-10(19-3)8-18-2/h6,10,12,14H,4-5,7-8H2,1-3H3,(H,13,15). The van der Waals surface area contributed by atoms with Crippen molar-refractivity contribution < 1.29 is 17.9 Å². The zero-order chi connectivity index (χ0) is 15.0. The fraction of sp³-hybridized carbons (Fsp3) is 0.727. The van der Waals surface area contributed by atoms with Gasteiger partial charge in [-0.1, -0.05) is 6.92 Å². The Hall–Kier alpha value is -1.00. The first kappa shape index (κ1) is 17.1. The molecule has 9 heteroatoms. The van der Waals surface area contributed by atoms with Crippen LogP contribution in [-0.2, 0) is 26.0 Å². The van der Waals surface area contributed by atoms with Gasteiger partial charge in [0.1, 0.15) is 0 Å². The van der Waals surface area contributed by atoms with Crippen molar-refractivity contribution in [1.29, 1.82) is 0 Å². The van der Waals surface area contributed by atoms with Gasteiger partial charge in [0.2, 0.25) is 0 Å². The van der Waals surface area contributed by atoms with Crippen molar-refractivity contribution in [1.82, 2.24) is 20.2 Å². The Morgan fingerprint density at radius 3 is 2.80 bits per heavy atom. The van der Waals surface area contributed by atoms with E-state index in [9.17, 15) is 8.42 Å². The van der Waals surface area contributed by atoms with E-state index in [2.05, 4.69) is 20.2 Å². The van der Waals surface area contributed by atoms with Crippen LogP contribution in [0.2, 0.25) is 0 Å². The molecule has 0 saturated heterocycles. The molecule has 0 bridgehead atoms. The van der Waals surface area contributed by atoms with Gasteiger partial charge in [-0.15, -0.1) is 0 Å². The fourth-order valence-electron chi connectivity index (χ4n) is 1.59. The molecule has 1 unspecified atom stereocenters. The van der Waals surface area contributed by atoms with Gasteiger partial charge < -0.3 is 14.8 Å². The summed E-state index contributed by atoms with van der Waals surface area (Å²) in [6.07, 6.45) is 1.16. The van der Waals surface area contributed by atoms with Crippen LogP contribution in [0.15, 0.2) is 11.2 Å². The zero-order valence-electron chi connectivity index (χ0n) is 12.0. The van der Waals surface area contributed by atoms with Gasteiger partial charge in [-0.3, -0.25) is 5.10 Å². The van der Waals surface area contributed by atoms with E-state index in [0.717, 1.165) is 6.54 Å². The lowest BCUT2D eigenvalue weighted by Gasteiger charge is -2.15. The summed E-state index contributed by atoms with van der Waals surface area (Å²) < 4.78 is 36.9. The highest BCUT2D eigenvalue weighted by atomic mass is 32.2. The number of ether oxygens (including phenoxy) is 2. The minimum absolute atomic E-state index is 0.0747. The van der Waals surface area contributed by atoms with Crippen LogP contribution in [0.1, 0.15) is 12.5 Å². The molecule has 0 saturated carbocycles. The van der Waals surface area contributed by atoms with Crippen LogP contribution < -0.4 is 10.0 Å². The van der Waals surface area contributed by atoms with E-state index in [-0.39, 0.29) is 17.7 Å². The molecule has 1 rings (SSSR count). The van der Waals surface area contributed by atoms with Crippen LogP contribution in [0.4, 0.5) is 0 Å². The molecule has 0 aliphatic carbocycles. The summed E-state index contributed by atoms with van der Waals surface area (Å²) in [4.78, 5) is 0. The van der Waals surface area contributed by atoms with E-state index in [1.807, 2.05) is 6.92 Å². The Balaban J connectivity index is 2.71. The van der Waals surface area contributed by atoms with Gasteiger partial charge in [0.25, 0.3) is 10.0 Å². The third kappa shape index (κ3) is 4.84. The maximum absolute atomic E-state index is 12.2. The molecule has 20 heavy (non-hydrogen) atoms. The Kier molecular flexibility index (Phi) is 7.10. The number of aromatic amines is 1. The lowest BCUT2D eigenvalue weighted by molar-refractivity contribution is 0.0320. The van der Waals surface area contributed by atoms with E-state index >= 15 is 0 Å². The molecule has 1 atom stereocenters. The highest BCUT2D eigenvalue weighted by Crippen LogP contribution is 2.11. The molecule has 0 fully saturated rings. The second-order valence-electron chi connectivity index (χ2n) is 4.17. The summed E-state index contributed by atoms with van der Waals surface area (Å²) in [6.45, 7) is 3.58. The van der Waals surface area contributed by atoms with E-state index in [1.54, 1.807) is 0 Å². The average Bonchev–Trinajstić information content (AvgIpc) is 2.90. The number of methoxy groups -OCH3 is 2.